The predicted octanol–water partition coefficient (Wildman–Crippen LogP) is 14.6. The maximum Gasteiger partial charge on any atom is 0.260 e. The SMILES string of the molecule is CSN1c2cc3c(cc2B2c4cc(C#N)ccc4Oc4cc(N(c5ccccc5)c5ccccc5)cc1c42)B1c2cc4c(cc2Oc2cc(N(c5ccccc5)c5ccccc5)cc(c21)O3)Nc1cc(N(c2ccccc2)c2ccccc2)cc2c1B4c1cc(C#N)ccc1O2. The fraction of sp³-hybridized carbons (Fsp3) is 0.0123. The first-order chi connectivity index (χ1) is 47.4. The Hall–Kier alpha value is -12.4. The quantitative estimate of drug-likeness (QED) is 0.104. The summed E-state index contributed by atoms with van der Waals surface area (Å²) in [5.74, 6) is 5.54. The molecule has 19 rings (SSSR count). The molecule has 6 aliphatic rings. The number of nitrogens with zero attached hydrogens (tertiary/aromatic N) is 6. The maximum atomic E-state index is 10.6. The number of rotatable bonds is 10. The van der Waals surface area contributed by atoms with Crippen molar-refractivity contribution in [2.45, 2.75) is 0 Å². The van der Waals surface area contributed by atoms with E-state index in [-0.39, 0.29) is 13.4 Å². The van der Waals surface area contributed by atoms with E-state index in [2.05, 4.69) is 249 Å². The number of hydrogen-bond acceptors (Lipinski definition) is 12. The van der Waals surface area contributed by atoms with Crippen LogP contribution in [0.15, 0.2) is 279 Å². The number of nitrogens with one attached hydrogen (secondary N) is 1. The summed E-state index contributed by atoms with van der Waals surface area (Å²) in [6.45, 7) is -1.14. The van der Waals surface area contributed by atoms with E-state index < -0.39 is 6.71 Å². The van der Waals surface area contributed by atoms with Gasteiger partial charge in [-0.3, -0.25) is 4.31 Å². The van der Waals surface area contributed by atoms with Crippen LogP contribution in [0.4, 0.5) is 73.9 Å². The molecule has 0 spiro atoms. The molecule has 0 atom stereocenters. The van der Waals surface area contributed by atoms with E-state index in [4.69, 9.17) is 18.9 Å². The van der Waals surface area contributed by atoms with E-state index in [0.29, 0.717) is 51.4 Å². The third-order valence-electron chi connectivity index (χ3n) is 19.3. The molecule has 0 fully saturated rings. The minimum Gasteiger partial charge on any atom is -0.458 e. The van der Waals surface area contributed by atoms with E-state index in [0.717, 1.165) is 129 Å². The Morgan fingerprint density at radius 1 is 0.312 bits per heavy atom. The number of benzene rings is 13. The Balaban J connectivity index is 0.839. The molecule has 6 heterocycles. The minimum atomic E-state index is -0.423. The molecular weight excluding hydrogens is 1200 g/mol. The average molecular weight is 1250 g/mol. The molecule has 0 unspecified atom stereocenters. The molecule has 6 aliphatic heterocycles. The lowest BCUT2D eigenvalue weighted by Crippen LogP contribution is -2.64. The zero-order valence-electron chi connectivity index (χ0n) is 51.5. The van der Waals surface area contributed by atoms with E-state index in [9.17, 15) is 10.5 Å². The van der Waals surface area contributed by atoms with Crippen LogP contribution in [0.5, 0.6) is 46.0 Å². The van der Waals surface area contributed by atoms with Crippen LogP contribution in [0, 0.1) is 22.7 Å². The Labute approximate surface area is 560 Å². The van der Waals surface area contributed by atoms with E-state index in [1.807, 2.05) is 72.8 Å². The standard InChI is InChI=1S/C81H50B3N7O4S/c1-96-91-69-47-74-66(45-62(69)83-64-37-51(49-86)33-35-72(64)93-76-41-59(39-70(91)80(76)83)89(54-24-12-4-13-25-54)55-26-14-5-15-27-55)84-65-44-61-67(46-73(65)94-77-42-60(43-78(95-74)81(77)84)90(56-28-16-6-17-29-56)57-30-18-7-19-31-57)87-68-38-58(88(52-20-8-2-9-21-52)53-22-10-3-11-23-53)40-75-79(68)82(61)63-36-50(48-85)32-34-71(63)92-75/h2-47,87H,1H3. The molecule has 0 saturated carbocycles. The molecule has 0 aromatic heterocycles. The Bertz CT molecular complexity index is 5360. The second kappa shape index (κ2) is 21.9. The second-order valence-corrected chi connectivity index (χ2v) is 25.4. The Kier molecular flexibility index (Phi) is 12.6. The molecule has 1 N–H and O–H groups in total. The first kappa shape index (κ1) is 55.2. The lowest BCUT2D eigenvalue weighted by atomic mass is 9.30. The van der Waals surface area contributed by atoms with Gasteiger partial charge in [-0.1, -0.05) is 121 Å². The molecule has 448 valence electrons. The summed E-state index contributed by atoms with van der Waals surface area (Å²) in [7, 11) is 0. The van der Waals surface area contributed by atoms with E-state index in [1.165, 1.54) is 0 Å². The summed E-state index contributed by atoms with van der Waals surface area (Å²) in [6.07, 6.45) is 2.11. The highest BCUT2D eigenvalue weighted by atomic mass is 32.2. The first-order valence-electron chi connectivity index (χ1n) is 31.9. The van der Waals surface area contributed by atoms with Gasteiger partial charge in [0.1, 0.15) is 46.0 Å². The summed E-state index contributed by atoms with van der Waals surface area (Å²) in [6, 6.07) is 101. The summed E-state index contributed by atoms with van der Waals surface area (Å²) >= 11 is 1.62. The lowest BCUT2D eigenvalue weighted by Gasteiger charge is -2.42. The highest BCUT2D eigenvalue weighted by Crippen LogP contribution is 2.49. The summed E-state index contributed by atoms with van der Waals surface area (Å²) in [5.41, 5.74) is 22.0. The molecule has 13 aromatic rings. The smallest absolute Gasteiger partial charge is 0.260 e. The normalized spacial score (nSPS) is 13.0. The van der Waals surface area contributed by atoms with Gasteiger partial charge in [0.15, 0.2) is 0 Å². The highest BCUT2D eigenvalue weighted by Gasteiger charge is 2.49. The zero-order chi connectivity index (χ0) is 63.7. The van der Waals surface area contributed by atoms with Crippen LogP contribution in [-0.2, 0) is 0 Å². The molecule has 0 bridgehead atoms. The molecule has 13 aromatic carbocycles. The fourth-order valence-corrected chi connectivity index (χ4v) is 16.0. The molecule has 0 radical (unpaired) electrons. The Morgan fingerprint density at radius 2 is 0.677 bits per heavy atom. The number of fused-ring (bicyclic) bond motifs is 12. The van der Waals surface area contributed by atoms with Gasteiger partial charge in [-0.25, -0.2) is 0 Å². The summed E-state index contributed by atoms with van der Waals surface area (Å²) < 4.78 is 31.5. The van der Waals surface area contributed by atoms with Crippen LogP contribution < -0.4 is 92.4 Å². The van der Waals surface area contributed by atoms with Crippen LogP contribution in [0.3, 0.4) is 0 Å². The van der Waals surface area contributed by atoms with Gasteiger partial charge in [0.25, 0.3) is 20.1 Å². The summed E-state index contributed by atoms with van der Waals surface area (Å²) in [4.78, 5) is 6.77. The number of para-hydroxylation sites is 6. The predicted molar refractivity (Wildman–Crippen MR) is 392 cm³/mol. The van der Waals surface area contributed by atoms with Gasteiger partial charge in [0, 0.05) is 93.6 Å². The second-order valence-electron chi connectivity index (χ2n) is 24.6. The minimum absolute atomic E-state index is 0.358. The van der Waals surface area contributed by atoms with Gasteiger partial charge in [0.05, 0.1) is 51.7 Å². The van der Waals surface area contributed by atoms with Gasteiger partial charge in [-0.05, 0) is 177 Å². The van der Waals surface area contributed by atoms with Crippen molar-refractivity contribution in [3.05, 3.63) is 290 Å². The topological polar surface area (TPSA) is 109 Å². The number of ether oxygens (including phenoxy) is 4. The Morgan fingerprint density at radius 3 is 1.12 bits per heavy atom. The molecular formula is C81H50B3N7O4S. The molecule has 0 amide bonds. The van der Waals surface area contributed by atoms with Gasteiger partial charge in [0.2, 0.25) is 0 Å². The van der Waals surface area contributed by atoms with Crippen molar-refractivity contribution in [1.29, 1.82) is 10.5 Å². The highest BCUT2D eigenvalue weighted by molar-refractivity contribution is 8.00. The number of nitriles is 2. The van der Waals surface area contributed by atoms with Crippen LogP contribution in [0.2, 0.25) is 0 Å². The van der Waals surface area contributed by atoms with E-state index >= 15 is 0 Å². The third-order valence-corrected chi connectivity index (χ3v) is 20.1. The monoisotopic (exact) mass is 1250 g/mol. The molecule has 0 aliphatic carbocycles. The van der Waals surface area contributed by atoms with Gasteiger partial charge >= 0.3 is 0 Å². The first-order valence-corrected chi connectivity index (χ1v) is 33.1. The molecule has 0 saturated heterocycles. The van der Waals surface area contributed by atoms with Crippen LogP contribution in [0.25, 0.3) is 0 Å². The van der Waals surface area contributed by atoms with Crippen molar-refractivity contribution in [1.82, 2.24) is 0 Å². The summed E-state index contributed by atoms with van der Waals surface area (Å²) in [5, 5.41) is 25.1. The van der Waals surface area contributed by atoms with Gasteiger partial charge in [-0.2, -0.15) is 10.5 Å². The molecule has 96 heavy (non-hydrogen) atoms. The lowest BCUT2D eigenvalue weighted by molar-refractivity contribution is 0.465. The molecule has 15 heteroatoms. The number of anilines is 13. The van der Waals surface area contributed by atoms with Crippen molar-refractivity contribution in [2.24, 2.45) is 0 Å². The van der Waals surface area contributed by atoms with Crippen molar-refractivity contribution in [3.8, 4) is 58.1 Å². The van der Waals surface area contributed by atoms with Crippen LogP contribution in [-0.4, -0.2) is 26.4 Å². The average Bonchev–Trinajstić information content (AvgIpc) is 0.703. The van der Waals surface area contributed by atoms with Crippen molar-refractivity contribution in [3.63, 3.8) is 0 Å². The van der Waals surface area contributed by atoms with Crippen molar-refractivity contribution < 1.29 is 18.9 Å². The number of hydrogen-bond donors (Lipinski definition) is 1. The van der Waals surface area contributed by atoms with Crippen LogP contribution in [0.1, 0.15) is 11.1 Å². The van der Waals surface area contributed by atoms with Gasteiger partial charge in [-0.15, -0.1) is 0 Å². The third kappa shape index (κ3) is 8.64. The zero-order valence-corrected chi connectivity index (χ0v) is 52.3. The van der Waals surface area contributed by atoms with Crippen molar-refractivity contribution in [2.75, 3.05) is 30.6 Å². The van der Waals surface area contributed by atoms with Crippen molar-refractivity contribution >= 4 is 155 Å². The van der Waals surface area contributed by atoms with E-state index in [1.54, 1.807) is 11.9 Å². The van der Waals surface area contributed by atoms with Crippen LogP contribution >= 0.6 is 11.9 Å². The maximum absolute atomic E-state index is 10.6. The van der Waals surface area contributed by atoms with Gasteiger partial charge < -0.3 is 39.0 Å². The molecule has 11 nitrogen and oxygen atoms in total. The fourth-order valence-electron chi connectivity index (χ4n) is 15.3. The largest absolute Gasteiger partial charge is 0.458 e.